The fourth-order valence-electron chi connectivity index (χ4n) is 2.46. The van der Waals surface area contributed by atoms with E-state index in [1.54, 1.807) is 18.2 Å². The SMILES string of the molecule is CCc1ncc(Cn2c(=O)[nH]c3ccc(OC(C)C)cc3c2=O)o1. The van der Waals surface area contributed by atoms with Crippen LogP contribution in [-0.2, 0) is 13.0 Å². The Kier molecular flexibility index (Phi) is 4.24. The van der Waals surface area contributed by atoms with Gasteiger partial charge in [-0.05, 0) is 32.0 Å². The number of aromatic nitrogens is 3. The molecule has 2 heterocycles. The lowest BCUT2D eigenvalue weighted by Crippen LogP contribution is -2.35. The third kappa shape index (κ3) is 3.10. The van der Waals surface area contributed by atoms with Gasteiger partial charge >= 0.3 is 5.69 Å². The van der Waals surface area contributed by atoms with Gasteiger partial charge in [0, 0.05) is 6.42 Å². The Balaban J connectivity index is 2.07. The number of benzene rings is 1. The third-order valence-electron chi connectivity index (χ3n) is 3.54. The molecule has 0 aliphatic rings. The van der Waals surface area contributed by atoms with Crippen LogP contribution in [0.1, 0.15) is 32.4 Å². The van der Waals surface area contributed by atoms with Crippen molar-refractivity contribution in [3.63, 3.8) is 0 Å². The maximum absolute atomic E-state index is 12.7. The lowest BCUT2D eigenvalue weighted by molar-refractivity contribution is 0.242. The number of rotatable bonds is 5. The van der Waals surface area contributed by atoms with Crippen molar-refractivity contribution in [3.05, 3.63) is 56.9 Å². The molecule has 0 fully saturated rings. The Morgan fingerprint density at radius 2 is 2.12 bits per heavy atom. The average molecular weight is 329 g/mol. The van der Waals surface area contributed by atoms with E-state index in [0.717, 1.165) is 4.57 Å². The van der Waals surface area contributed by atoms with Crippen molar-refractivity contribution in [2.75, 3.05) is 0 Å². The standard InChI is InChI=1S/C17H19N3O4/c1-4-15-18-8-12(24-15)9-20-16(21)13-7-11(23-10(2)3)5-6-14(13)19-17(20)22/h5-8,10H,4,9H2,1-3H3,(H,19,22). The molecule has 0 atom stereocenters. The van der Waals surface area contributed by atoms with Crippen LogP contribution in [0.5, 0.6) is 5.75 Å². The summed E-state index contributed by atoms with van der Waals surface area (Å²) in [5.74, 6) is 1.62. The highest BCUT2D eigenvalue weighted by molar-refractivity contribution is 5.78. The molecule has 0 bridgehead atoms. The van der Waals surface area contributed by atoms with E-state index in [2.05, 4.69) is 9.97 Å². The smallest absolute Gasteiger partial charge is 0.329 e. The Morgan fingerprint density at radius 3 is 2.79 bits per heavy atom. The molecule has 126 valence electrons. The normalized spacial score (nSPS) is 11.3. The summed E-state index contributed by atoms with van der Waals surface area (Å²) >= 11 is 0. The quantitative estimate of drug-likeness (QED) is 0.774. The van der Waals surface area contributed by atoms with Crippen LogP contribution >= 0.6 is 0 Å². The highest BCUT2D eigenvalue weighted by Crippen LogP contribution is 2.17. The van der Waals surface area contributed by atoms with E-state index in [1.807, 2.05) is 20.8 Å². The summed E-state index contributed by atoms with van der Waals surface area (Å²) < 4.78 is 12.2. The van der Waals surface area contributed by atoms with Crippen molar-refractivity contribution in [1.82, 2.24) is 14.5 Å². The van der Waals surface area contributed by atoms with Crippen molar-refractivity contribution in [2.45, 2.75) is 39.8 Å². The van der Waals surface area contributed by atoms with Crippen molar-refractivity contribution in [3.8, 4) is 5.75 Å². The molecule has 3 aromatic rings. The highest BCUT2D eigenvalue weighted by Gasteiger charge is 2.12. The van der Waals surface area contributed by atoms with Crippen molar-refractivity contribution < 1.29 is 9.15 Å². The molecular weight excluding hydrogens is 310 g/mol. The third-order valence-corrected chi connectivity index (χ3v) is 3.54. The van der Waals surface area contributed by atoms with Gasteiger partial charge in [-0.3, -0.25) is 9.36 Å². The molecule has 1 aromatic carbocycles. The molecule has 24 heavy (non-hydrogen) atoms. The number of H-pyrrole nitrogens is 1. The van der Waals surface area contributed by atoms with Gasteiger partial charge in [0.25, 0.3) is 5.56 Å². The summed E-state index contributed by atoms with van der Waals surface area (Å²) in [4.78, 5) is 31.7. The predicted octanol–water partition coefficient (Wildman–Crippen LogP) is 2.08. The minimum Gasteiger partial charge on any atom is -0.491 e. The van der Waals surface area contributed by atoms with Crippen LogP contribution in [0, 0.1) is 0 Å². The van der Waals surface area contributed by atoms with Crippen molar-refractivity contribution >= 4 is 10.9 Å². The van der Waals surface area contributed by atoms with E-state index >= 15 is 0 Å². The largest absolute Gasteiger partial charge is 0.491 e. The number of hydrogen-bond acceptors (Lipinski definition) is 5. The van der Waals surface area contributed by atoms with E-state index in [1.165, 1.54) is 6.20 Å². The maximum atomic E-state index is 12.7. The molecule has 0 radical (unpaired) electrons. The number of nitrogens with zero attached hydrogens (tertiary/aromatic N) is 2. The zero-order chi connectivity index (χ0) is 17.3. The monoisotopic (exact) mass is 329 g/mol. The summed E-state index contributed by atoms with van der Waals surface area (Å²) in [6, 6.07) is 5.04. The number of fused-ring (bicyclic) bond motifs is 1. The summed E-state index contributed by atoms with van der Waals surface area (Å²) in [7, 11) is 0. The second kappa shape index (κ2) is 6.35. The predicted molar refractivity (Wildman–Crippen MR) is 89.6 cm³/mol. The molecule has 0 saturated carbocycles. The van der Waals surface area contributed by atoms with Crippen LogP contribution in [0.3, 0.4) is 0 Å². The van der Waals surface area contributed by atoms with Gasteiger partial charge < -0.3 is 14.1 Å². The second-order valence-electron chi connectivity index (χ2n) is 5.77. The molecule has 2 aromatic heterocycles. The Labute approximate surface area is 137 Å². The summed E-state index contributed by atoms with van der Waals surface area (Å²) in [6.45, 7) is 5.77. The molecule has 7 heteroatoms. The van der Waals surface area contributed by atoms with Crippen molar-refractivity contribution in [2.24, 2.45) is 0 Å². The molecule has 0 saturated heterocycles. The average Bonchev–Trinajstić information content (AvgIpc) is 2.99. The maximum Gasteiger partial charge on any atom is 0.329 e. The van der Waals surface area contributed by atoms with Gasteiger partial charge in [-0.1, -0.05) is 6.92 Å². The zero-order valence-corrected chi connectivity index (χ0v) is 13.8. The van der Waals surface area contributed by atoms with Gasteiger partial charge in [0.1, 0.15) is 11.5 Å². The second-order valence-corrected chi connectivity index (χ2v) is 5.77. The Hall–Kier alpha value is -2.83. The minimum atomic E-state index is -0.487. The van der Waals surface area contributed by atoms with Gasteiger partial charge in [-0.2, -0.15) is 0 Å². The first-order valence-corrected chi connectivity index (χ1v) is 7.85. The van der Waals surface area contributed by atoms with Crippen molar-refractivity contribution in [1.29, 1.82) is 0 Å². The summed E-state index contributed by atoms with van der Waals surface area (Å²) in [5.41, 5.74) is -0.402. The highest BCUT2D eigenvalue weighted by atomic mass is 16.5. The lowest BCUT2D eigenvalue weighted by Gasteiger charge is -2.10. The Bertz CT molecular complexity index is 981. The first-order valence-electron chi connectivity index (χ1n) is 7.85. The van der Waals surface area contributed by atoms with Crippen LogP contribution in [0.15, 0.2) is 38.4 Å². The van der Waals surface area contributed by atoms with E-state index in [4.69, 9.17) is 9.15 Å². The number of aromatic amines is 1. The van der Waals surface area contributed by atoms with Crippen LogP contribution in [0.2, 0.25) is 0 Å². The fraction of sp³-hybridized carbons (Fsp3) is 0.353. The molecule has 0 aliphatic carbocycles. The number of aryl methyl sites for hydroxylation is 1. The van der Waals surface area contributed by atoms with E-state index < -0.39 is 11.2 Å². The topological polar surface area (TPSA) is 90.1 Å². The van der Waals surface area contributed by atoms with Gasteiger partial charge in [-0.15, -0.1) is 0 Å². The van der Waals surface area contributed by atoms with Crippen LogP contribution in [-0.4, -0.2) is 20.6 Å². The molecule has 7 nitrogen and oxygen atoms in total. The van der Waals surface area contributed by atoms with Crippen LogP contribution < -0.4 is 16.0 Å². The minimum absolute atomic E-state index is 0.00547. The Morgan fingerprint density at radius 1 is 1.33 bits per heavy atom. The van der Waals surface area contributed by atoms with Gasteiger partial charge in [0.2, 0.25) is 0 Å². The molecule has 0 spiro atoms. The van der Waals surface area contributed by atoms with Gasteiger partial charge in [0.15, 0.2) is 5.89 Å². The van der Waals surface area contributed by atoms with E-state index in [0.29, 0.717) is 34.7 Å². The summed E-state index contributed by atoms with van der Waals surface area (Å²) in [5, 5.41) is 0.392. The summed E-state index contributed by atoms with van der Waals surface area (Å²) in [6.07, 6.45) is 2.18. The van der Waals surface area contributed by atoms with E-state index in [9.17, 15) is 9.59 Å². The van der Waals surface area contributed by atoms with Crippen LogP contribution in [0.25, 0.3) is 10.9 Å². The first-order chi connectivity index (χ1) is 11.5. The first kappa shape index (κ1) is 16.0. The number of nitrogens with one attached hydrogen (secondary N) is 1. The molecule has 3 rings (SSSR count). The lowest BCUT2D eigenvalue weighted by atomic mass is 10.2. The molecule has 0 unspecified atom stereocenters. The fourth-order valence-corrected chi connectivity index (χ4v) is 2.46. The van der Waals surface area contributed by atoms with E-state index in [-0.39, 0.29) is 12.6 Å². The van der Waals surface area contributed by atoms with Gasteiger partial charge in [-0.25, -0.2) is 9.78 Å². The van der Waals surface area contributed by atoms with Gasteiger partial charge in [0.05, 0.1) is 29.7 Å². The molecular formula is C17H19N3O4. The van der Waals surface area contributed by atoms with Crippen LogP contribution in [0.4, 0.5) is 0 Å². The number of ether oxygens (including phenoxy) is 1. The molecule has 0 aliphatic heterocycles. The number of oxazole rings is 1. The molecule has 1 N–H and O–H groups in total. The number of hydrogen-bond donors (Lipinski definition) is 1. The zero-order valence-electron chi connectivity index (χ0n) is 13.8. The molecule has 0 amide bonds.